The second kappa shape index (κ2) is 5.38. The predicted molar refractivity (Wildman–Crippen MR) is 59.1 cm³/mol. The molecule has 0 saturated carbocycles. The minimum atomic E-state index is -0.363. The zero-order chi connectivity index (χ0) is 11.4. The lowest BCUT2D eigenvalue weighted by atomic mass is 9.89. The van der Waals surface area contributed by atoms with E-state index in [1.807, 2.05) is 27.7 Å². The van der Waals surface area contributed by atoms with Gasteiger partial charge < -0.3 is 4.74 Å². The summed E-state index contributed by atoms with van der Waals surface area (Å²) in [5.41, 5.74) is -0.363. The average molecular weight is 200 g/mol. The first-order chi connectivity index (χ1) is 6.31. The molecule has 2 heteroatoms. The van der Waals surface area contributed by atoms with Crippen LogP contribution >= 0.6 is 0 Å². The molecule has 0 heterocycles. The van der Waals surface area contributed by atoms with Crippen LogP contribution in [0, 0.1) is 11.8 Å². The summed E-state index contributed by atoms with van der Waals surface area (Å²) in [6.07, 6.45) is 1.89. The molecule has 0 aromatic carbocycles. The third kappa shape index (κ3) is 4.64. The fourth-order valence-corrected chi connectivity index (χ4v) is 1.46. The molecule has 0 bridgehead atoms. The Morgan fingerprint density at radius 1 is 1.21 bits per heavy atom. The van der Waals surface area contributed by atoms with Gasteiger partial charge in [0.1, 0.15) is 5.60 Å². The summed E-state index contributed by atoms with van der Waals surface area (Å²) in [5, 5.41) is 0. The monoisotopic (exact) mass is 200 g/mol. The van der Waals surface area contributed by atoms with Gasteiger partial charge in [-0.25, -0.2) is 0 Å². The van der Waals surface area contributed by atoms with Gasteiger partial charge in [-0.2, -0.15) is 0 Å². The van der Waals surface area contributed by atoms with Crippen molar-refractivity contribution >= 4 is 5.97 Å². The van der Waals surface area contributed by atoms with Gasteiger partial charge in [0.25, 0.3) is 0 Å². The summed E-state index contributed by atoms with van der Waals surface area (Å²) in [5.74, 6) is 0.420. The Morgan fingerprint density at radius 3 is 2.00 bits per heavy atom. The molecule has 0 aromatic heterocycles. The quantitative estimate of drug-likeness (QED) is 0.650. The molecule has 0 rings (SSSR count). The van der Waals surface area contributed by atoms with Crippen LogP contribution in [0.5, 0.6) is 0 Å². The second-order valence-electron chi connectivity index (χ2n) is 4.93. The highest BCUT2D eigenvalue weighted by Gasteiger charge is 2.27. The van der Waals surface area contributed by atoms with Crippen LogP contribution < -0.4 is 0 Å². The molecule has 0 aliphatic heterocycles. The molecule has 0 aromatic rings. The maximum atomic E-state index is 11.8. The highest BCUT2D eigenvalue weighted by Crippen LogP contribution is 2.22. The lowest BCUT2D eigenvalue weighted by Crippen LogP contribution is -2.31. The van der Waals surface area contributed by atoms with Gasteiger partial charge in [0.15, 0.2) is 0 Å². The maximum Gasteiger partial charge on any atom is 0.309 e. The van der Waals surface area contributed by atoms with Gasteiger partial charge in [0, 0.05) is 0 Å². The minimum absolute atomic E-state index is 0.0469. The van der Waals surface area contributed by atoms with Gasteiger partial charge in [0.05, 0.1) is 5.92 Å². The number of hydrogen-bond acceptors (Lipinski definition) is 2. The van der Waals surface area contributed by atoms with Crippen molar-refractivity contribution in [3.63, 3.8) is 0 Å². The molecule has 0 amide bonds. The van der Waals surface area contributed by atoms with E-state index in [4.69, 9.17) is 4.74 Å². The van der Waals surface area contributed by atoms with Crippen molar-refractivity contribution in [2.24, 2.45) is 11.8 Å². The first kappa shape index (κ1) is 13.5. The Kier molecular flexibility index (Phi) is 5.17. The molecule has 2 atom stereocenters. The van der Waals surface area contributed by atoms with E-state index in [1.165, 1.54) is 0 Å². The largest absolute Gasteiger partial charge is 0.460 e. The van der Waals surface area contributed by atoms with E-state index in [2.05, 4.69) is 13.8 Å². The van der Waals surface area contributed by atoms with E-state index >= 15 is 0 Å². The molecule has 14 heavy (non-hydrogen) atoms. The predicted octanol–water partition coefficient (Wildman–Crippen LogP) is 3.40. The molecule has 0 aliphatic rings. The Labute approximate surface area is 88.0 Å². The number of ether oxygens (including phenoxy) is 1. The third-order valence-electron chi connectivity index (χ3n) is 2.48. The van der Waals surface area contributed by atoms with E-state index in [1.54, 1.807) is 0 Å². The van der Waals surface area contributed by atoms with Gasteiger partial charge in [-0.05, 0) is 33.1 Å². The molecule has 0 fully saturated rings. The number of rotatable bonds is 4. The Hall–Kier alpha value is -0.530. The maximum absolute atomic E-state index is 11.8. The van der Waals surface area contributed by atoms with Gasteiger partial charge in [0.2, 0.25) is 0 Å². The Morgan fingerprint density at radius 2 is 1.71 bits per heavy atom. The standard InChI is InChI=1S/C12H24O2/c1-7-9(3)10(8-2)11(13)14-12(4,5)6/h9-10H,7-8H2,1-6H3. The smallest absolute Gasteiger partial charge is 0.309 e. The first-order valence-corrected chi connectivity index (χ1v) is 5.54. The molecule has 0 N–H and O–H groups in total. The van der Waals surface area contributed by atoms with Crippen molar-refractivity contribution < 1.29 is 9.53 Å². The molecule has 0 saturated heterocycles. The molecule has 0 aliphatic carbocycles. The number of carbonyl (C=O) groups is 1. The number of carbonyl (C=O) groups excluding carboxylic acids is 1. The van der Waals surface area contributed by atoms with Crippen LogP contribution in [0.25, 0.3) is 0 Å². The second-order valence-corrected chi connectivity index (χ2v) is 4.93. The van der Waals surface area contributed by atoms with Crippen LogP contribution in [0.1, 0.15) is 54.4 Å². The first-order valence-electron chi connectivity index (χ1n) is 5.54. The Balaban J connectivity index is 4.33. The lowest BCUT2D eigenvalue weighted by Gasteiger charge is -2.26. The number of hydrogen-bond donors (Lipinski definition) is 0. The molecule has 2 unspecified atom stereocenters. The zero-order valence-corrected chi connectivity index (χ0v) is 10.4. The van der Waals surface area contributed by atoms with E-state index in [0.29, 0.717) is 5.92 Å². The van der Waals surface area contributed by atoms with Crippen molar-refractivity contribution in [3.05, 3.63) is 0 Å². The van der Waals surface area contributed by atoms with Crippen molar-refractivity contribution in [1.82, 2.24) is 0 Å². The fourth-order valence-electron chi connectivity index (χ4n) is 1.46. The van der Waals surface area contributed by atoms with Crippen LogP contribution in [-0.4, -0.2) is 11.6 Å². The molecule has 84 valence electrons. The summed E-state index contributed by atoms with van der Waals surface area (Å²) in [7, 11) is 0. The summed E-state index contributed by atoms with van der Waals surface area (Å²) in [6, 6.07) is 0. The molecule has 2 nitrogen and oxygen atoms in total. The van der Waals surface area contributed by atoms with Crippen molar-refractivity contribution in [2.45, 2.75) is 60.0 Å². The highest BCUT2D eigenvalue weighted by molar-refractivity contribution is 5.73. The van der Waals surface area contributed by atoms with Crippen molar-refractivity contribution in [3.8, 4) is 0 Å². The van der Waals surface area contributed by atoms with Crippen LogP contribution in [0.2, 0.25) is 0 Å². The molecular formula is C12H24O2. The van der Waals surface area contributed by atoms with E-state index in [-0.39, 0.29) is 17.5 Å². The van der Waals surface area contributed by atoms with Gasteiger partial charge >= 0.3 is 5.97 Å². The molecule has 0 radical (unpaired) electrons. The highest BCUT2D eigenvalue weighted by atomic mass is 16.6. The normalized spacial score (nSPS) is 16.1. The Bertz CT molecular complexity index is 179. The van der Waals surface area contributed by atoms with Crippen LogP contribution in [0.15, 0.2) is 0 Å². The SMILES string of the molecule is CCC(C)C(CC)C(=O)OC(C)(C)C. The van der Waals surface area contributed by atoms with Crippen molar-refractivity contribution in [1.29, 1.82) is 0 Å². The fraction of sp³-hybridized carbons (Fsp3) is 0.917. The topological polar surface area (TPSA) is 26.3 Å². The zero-order valence-electron chi connectivity index (χ0n) is 10.4. The van der Waals surface area contributed by atoms with Crippen LogP contribution in [0.3, 0.4) is 0 Å². The number of esters is 1. The minimum Gasteiger partial charge on any atom is -0.460 e. The molecular weight excluding hydrogens is 176 g/mol. The average Bonchev–Trinajstić information content (AvgIpc) is 2.01. The third-order valence-corrected chi connectivity index (χ3v) is 2.48. The summed E-state index contributed by atoms with van der Waals surface area (Å²) in [6.45, 7) is 12.0. The van der Waals surface area contributed by atoms with Crippen molar-refractivity contribution in [2.75, 3.05) is 0 Å². The summed E-state index contributed by atoms with van der Waals surface area (Å²) < 4.78 is 5.37. The summed E-state index contributed by atoms with van der Waals surface area (Å²) >= 11 is 0. The lowest BCUT2D eigenvalue weighted by molar-refractivity contribution is -0.162. The summed E-state index contributed by atoms with van der Waals surface area (Å²) in [4.78, 5) is 11.8. The van der Waals surface area contributed by atoms with E-state index < -0.39 is 0 Å². The van der Waals surface area contributed by atoms with Gasteiger partial charge in [-0.15, -0.1) is 0 Å². The molecule has 0 spiro atoms. The van der Waals surface area contributed by atoms with E-state index in [0.717, 1.165) is 12.8 Å². The van der Waals surface area contributed by atoms with E-state index in [9.17, 15) is 4.79 Å². The van der Waals surface area contributed by atoms with Crippen LogP contribution in [0.4, 0.5) is 0 Å². The van der Waals surface area contributed by atoms with Gasteiger partial charge in [-0.1, -0.05) is 27.2 Å². The van der Waals surface area contributed by atoms with Gasteiger partial charge in [-0.3, -0.25) is 4.79 Å². The van der Waals surface area contributed by atoms with Crippen LogP contribution in [-0.2, 0) is 9.53 Å².